The fourth-order valence-electron chi connectivity index (χ4n) is 1.47. The van der Waals surface area contributed by atoms with Crippen LogP contribution in [0.3, 0.4) is 0 Å². The predicted molar refractivity (Wildman–Crippen MR) is 80.8 cm³/mol. The Morgan fingerprint density at radius 3 is 2.72 bits per heavy atom. The van der Waals surface area contributed by atoms with Gasteiger partial charge in [0.2, 0.25) is 0 Å². The number of hydrogen-bond donors (Lipinski definition) is 2. The first-order valence-corrected chi connectivity index (χ1v) is 6.48. The number of halogens is 1. The molecular formula is C13H12IN3O. The second-order valence-corrected chi connectivity index (χ2v) is 5.00. The van der Waals surface area contributed by atoms with Gasteiger partial charge in [-0.3, -0.25) is 5.32 Å². The lowest BCUT2D eigenvalue weighted by atomic mass is 10.2. The summed E-state index contributed by atoms with van der Waals surface area (Å²) in [6.07, 6.45) is 1.63. The number of nitrogens with zero attached hydrogens (tertiary/aromatic N) is 1. The Bertz CT molecular complexity index is 557. The minimum absolute atomic E-state index is 0.294. The average molecular weight is 353 g/mol. The average Bonchev–Trinajstić information content (AvgIpc) is 2.34. The van der Waals surface area contributed by atoms with E-state index in [-0.39, 0.29) is 6.03 Å². The predicted octanol–water partition coefficient (Wildman–Crippen LogP) is 3.64. The number of amides is 2. The Hall–Kier alpha value is -1.63. The first-order chi connectivity index (χ1) is 8.65. The minimum Gasteiger partial charge on any atom is -0.307 e. The van der Waals surface area contributed by atoms with E-state index in [0.29, 0.717) is 5.82 Å². The number of pyridine rings is 1. The third kappa shape index (κ3) is 3.43. The number of nitrogens with one attached hydrogen (secondary N) is 2. The monoisotopic (exact) mass is 353 g/mol. The van der Waals surface area contributed by atoms with Crippen molar-refractivity contribution in [2.24, 2.45) is 0 Å². The summed E-state index contributed by atoms with van der Waals surface area (Å²) in [5.41, 5.74) is 1.82. The normalized spacial score (nSPS) is 9.89. The van der Waals surface area contributed by atoms with Gasteiger partial charge in [0.05, 0.1) is 0 Å². The van der Waals surface area contributed by atoms with Gasteiger partial charge in [-0.25, -0.2) is 9.78 Å². The Morgan fingerprint density at radius 2 is 2.06 bits per heavy atom. The molecule has 2 aromatic rings. The lowest BCUT2D eigenvalue weighted by Gasteiger charge is -2.09. The van der Waals surface area contributed by atoms with Gasteiger partial charge in [-0.1, -0.05) is 6.07 Å². The molecule has 0 aliphatic rings. The van der Waals surface area contributed by atoms with Crippen LogP contribution in [0.5, 0.6) is 0 Å². The Morgan fingerprint density at radius 1 is 1.22 bits per heavy atom. The van der Waals surface area contributed by atoms with Gasteiger partial charge >= 0.3 is 6.03 Å². The van der Waals surface area contributed by atoms with Crippen molar-refractivity contribution < 1.29 is 4.79 Å². The maximum atomic E-state index is 11.8. The van der Waals surface area contributed by atoms with Crippen LogP contribution in [0.2, 0.25) is 0 Å². The number of hydrogen-bond acceptors (Lipinski definition) is 2. The van der Waals surface area contributed by atoms with E-state index in [4.69, 9.17) is 0 Å². The molecule has 0 atom stereocenters. The maximum absolute atomic E-state index is 11.8. The zero-order valence-electron chi connectivity index (χ0n) is 9.77. The summed E-state index contributed by atoms with van der Waals surface area (Å²) in [6.45, 7) is 1.96. The van der Waals surface area contributed by atoms with Crippen LogP contribution < -0.4 is 10.6 Å². The highest BCUT2D eigenvalue weighted by molar-refractivity contribution is 14.1. The molecule has 92 valence electrons. The largest absolute Gasteiger partial charge is 0.324 e. The fraction of sp³-hybridized carbons (Fsp3) is 0.0769. The van der Waals surface area contributed by atoms with Crippen LogP contribution in [0.4, 0.5) is 16.3 Å². The molecular weight excluding hydrogens is 341 g/mol. The molecule has 18 heavy (non-hydrogen) atoms. The molecule has 0 saturated carbocycles. The van der Waals surface area contributed by atoms with Crippen LogP contribution in [0.15, 0.2) is 42.6 Å². The summed E-state index contributed by atoms with van der Waals surface area (Å²) in [4.78, 5) is 15.8. The summed E-state index contributed by atoms with van der Waals surface area (Å²) in [5, 5.41) is 5.46. The third-order valence-corrected chi connectivity index (χ3v) is 3.01. The van der Waals surface area contributed by atoms with Crippen molar-refractivity contribution in [3.63, 3.8) is 0 Å². The van der Waals surface area contributed by atoms with Crippen LogP contribution in [-0.2, 0) is 0 Å². The molecule has 5 heteroatoms. The van der Waals surface area contributed by atoms with E-state index >= 15 is 0 Å². The van der Waals surface area contributed by atoms with Crippen molar-refractivity contribution in [1.29, 1.82) is 0 Å². The second-order valence-electron chi connectivity index (χ2n) is 3.75. The van der Waals surface area contributed by atoms with Crippen molar-refractivity contribution in [3.05, 3.63) is 51.7 Å². The van der Waals surface area contributed by atoms with Gasteiger partial charge in [-0.05, 0) is 65.4 Å². The van der Waals surface area contributed by atoms with Gasteiger partial charge in [0.1, 0.15) is 5.82 Å². The van der Waals surface area contributed by atoms with E-state index in [1.165, 1.54) is 0 Å². The molecule has 2 N–H and O–H groups in total. The molecule has 0 fully saturated rings. The Labute approximate surface area is 119 Å². The summed E-state index contributed by atoms with van der Waals surface area (Å²) < 4.78 is 1.14. The molecule has 0 radical (unpaired) electrons. The highest BCUT2D eigenvalue weighted by Gasteiger charge is 2.05. The number of carbonyl (C=O) groups excluding carboxylic acids is 1. The van der Waals surface area contributed by atoms with Crippen molar-refractivity contribution in [2.45, 2.75) is 6.92 Å². The zero-order valence-corrected chi connectivity index (χ0v) is 11.9. The number of benzene rings is 1. The topological polar surface area (TPSA) is 54.0 Å². The van der Waals surface area contributed by atoms with E-state index in [9.17, 15) is 4.79 Å². The fourth-order valence-corrected chi connectivity index (χ4v) is 2.12. The molecule has 1 aromatic carbocycles. The smallest absolute Gasteiger partial charge is 0.307 e. The number of urea groups is 1. The van der Waals surface area contributed by atoms with Crippen molar-refractivity contribution in [3.8, 4) is 0 Å². The SMILES string of the molecule is Cc1cc(I)ccc1NC(=O)Nc1ccccn1. The van der Waals surface area contributed by atoms with Crippen molar-refractivity contribution in [1.82, 2.24) is 4.98 Å². The molecule has 0 saturated heterocycles. The summed E-state index contributed by atoms with van der Waals surface area (Å²) in [7, 11) is 0. The van der Waals surface area contributed by atoms with E-state index in [2.05, 4.69) is 38.2 Å². The second kappa shape index (κ2) is 5.81. The van der Waals surface area contributed by atoms with Gasteiger partial charge in [0.15, 0.2) is 0 Å². The zero-order chi connectivity index (χ0) is 13.0. The van der Waals surface area contributed by atoms with Crippen molar-refractivity contribution >= 4 is 40.1 Å². The first kappa shape index (κ1) is 12.8. The first-order valence-electron chi connectivity index (χ1n) is 5.40. The number of aryl methyl sites for hydroxylation is 1. The summed E-state index contributed by atoms with van der Waals surface area (Å²) in [6, 6.07) is 10.9. The van der Waals surface area contributed by atoms with Gasteiger partial charge in [-0.15, -0.1) is 0 Å². The molecule has 0 unspecified atom stereocenters. The van der Waals surface area contributed by atoms with Gasteiger partial charge in [-0.2, -0.15) is 0 Å². The third-order valence-electron chi connectivity index (χ3n) is 2.34. The van der Waals surface area contributed by atoms with E-state index in [1.807, 2.05) is 31.2 Å². The van der Waals surface area contributed by atoms with Crippen LogP contribution >= 0.6 is 22.6 Å². The maximum Gasteiger partial charge on any atom is 0.324 e. The molecule has 0 spiro atoms. The summed E-state index contributed by atoms with van der Waals surface area (Å²) >= 11 is 2.24. The van der Waals surface area contributed by atoms with Crippen LogP contribution in [0.1, 0.15) is 5.56 Å². The Balaban J connectivity index is 2.03. The lowest BCUT2D eigenvalue weighted by molar-refractivity contribution is 0.262. The Kier molecular flexibility index (Phi) is 4.14. The molecule has 2 rings (SSSR count). The molecule has 1 heterocycles. The minimum atomic E-state index is -0.294. The molecule has 0 aliphatic carbocycles. The lowest BCUT2D eigenvalue weighted by Crippen LogP contribution is -2.20. The van der Waals surface area contributed by atoms with Crippen molar-refractivity contribution in [2.75, 3.05) is 10.6 Å². The highest BCUT2D eigenvalue weighted by Crippen LogP contribution is 2.17. The number of aromatic nitrogens is 1. The molecule has 1 aromatic heterocycles. The number of carbonyl (C=O) groups is 1. The molecule has 0 aliphatic heterocycles. The van der Waals surface area contributed by atoms with Gasteiger partial charge in [0, 0.05) is 15.5 Å². The summed E-state index contributed by atoms with van der Waals surface area (Å²) in [5.74, 6) is 0.526. The molecule has 0 bridgehead atoms. The van der Waals surface area contributed by atoms with E-state index in [1.54, 1.807) is 18.3 Å². The molecule has 4 nitrogen and oxygen atoms in total. The van der Waals surface area contributed by atoms with Gasteiger partial charge in [0.25, 0.3) is 0 Å². The van der Waals surface area contributed by atoms with Crippen LogP contribution in [-0.4, -0.2) is 11.0 Å². The quantitative estimate of drug-likeness (QED) is 0.810. The van der Waals surface area contributed by atoms with Crippen LogP contribution in [0.25, 0.3) is 0 Å². The van der Waals surface area contributed by atoms with Gasteiger partial charge < -0.3 is 5.32 Å². The number of anilines is 2. The standard InChI is InChI=1S/C13H12IN3O/c1-9-8-10(14)5-6-11(9)16-13(18)17-12-4-2-3-7-15-12/h2-8H,1H3,(H2,15,16,17,18). The van der Waals surface area contributed by atoms with E-state index in [0.717, 1.165) is 14.8 Å². The van der Waals surface area contributed by atoms with E-state index < -0.39 is 0 Å². The number of rotatable bonds is 2. The van der Waals surface area contributed by atoms with Crippen LogP contribution in [0, 0.1) is 10.5 Å². The molecule has 2 amide bonds. The highest BCUT2D eigenvalue weighted by atomic mass is 127.